The zero-order chi connectivity index (χ0) is 14.1. The van der Waals surface area contributed by atoms with Gasteiger partial charge in [0.25, 0.3) is 0 Å². The number of rotatable bonds is 2. The van der Waals surface area contributed by atoms with Gasteiger partial charge in [0.2, 0.25) is 5.91 Å². The summed E-state index contributed by atoms with van der Waals surface area (Å²) in [7, 11) is 1.75. The van der Waals surface area contributed by atoms with Crippen molar-refractivity contribution in [1.82, 2.24) is 10.6 Å². The lowest BCUT2D eigenvalue weighted by atomic mass is 9.95. The van der Waals surface area contributed by atoms with E-state index in [2.05, 4.69) is 10.2 Å². The van der Waals surface area contributed by atoms with E-state index in [0.717, 1.165) is 43.6 Å². The molecule has 107 valence electrons. The van der Waals surface area contributed by atoms with E-state index in [4.69, 9.17) is 10.5 Å². The Morgan fingerprint density at radius 2 is 2.10 bits per heavy atom. The van der Waals surface area contributed by atoms with E-state index < -0.39 is 0 Å². The largest absolute Gasteiger partial charge is 0.381 e. The number of benzene rings is 1. The Labute approximate surface area is 119 Å². The molecule has 1 atom stereocenters. The summed E-state index contributed by atoms with van der Waals surface area (Å²) >= 11 is 0. The number of amides is 1. The molecule has 20 heavy (non-hydrogen) atoms. The average molecular weight is 274 g/mol. The van der Waals surface area contributed by atoms with E-state index in [1.54, 1.807) is 19.2 Å². The second-order valence-corrected chi connectivity index (χ2v) is 5.55. The van der Waals surface area contributed by atoms with Gasteiger partial charge < -0.3 is 15.8 Å². The molecule has 3 rings (SSSR count). The summed E-state index contributed by atoms with van der Waals surface area (Å²) in [5.41, 5.74) is 9.97. The van der Waals surface area contributed by atoms with Gasteiger partial charge in [0.1, 0.15) is 0 Å². The second kappa shape index (κ2) is 5.42. The molecule has 1 unspecified atom stereocenters. The molecule has 2 aliphatic heterocycles. The first-order valence-electron chi connectivity index (χ1n) is 7.09. The van der Waals surface area contributed by atoms with Crippen LogP contribution in [-0.4, -0.2) is 43.2 Å². The number of hydrogen-bond acceptors (Lipinski definition) is 3. The van der Waals surface area contributed by atoms with Crippen molar-refractivity contribution in [3.63, 3.8) is 0 Å². The topological polar surface area (TPSA) is 65.4 Å². The molecule has 0 aromatic heterocycles. The monoisotopic (exact) mass is 274 g/mol. The lowest BCUT2D eigenvalue weighted by Crippen LogP contribution is -2.51. The third-order valence-corrected chi connectivity index (χ3v) is 4.33. The van der Waals surface area contributed by atoms with Crippen LogP contribution >= 0.6 is 0 Å². The van der Waals surface area contributed by atoms with Crippen molar-refractivity contribution >= 4 is 17.3 Å². The molecule has 5 nitrogen and oxygen atoms in total. The highest BCUT2D eigenvalue weighted by Crippen LogP contribution is 2.28. The summed E-state index contributed by atoms with van der Waals surface area (Å²) in [5.74, 6) is 0.0546. The van der Waals surface area contributed by atoms with Crippen LogP contribution in [0.15, 0.2) is 18.2 Å². The van der Waals surface area contributed by atoms with Crippen LogP contribution in [-0.2, 0) is 16.0 Å². The van der Waals surface area contributed by atoms with Crippen molar-refractivity contribution in [2.45, 2.75) is 31.4 Å². The lowest BCUT2D eigenvalue weighted by Gasteiger charge is -2.38. The summed E-state index contributed by atoms with van der Waals surface area (Å²) in [6.07, 6.45) is 3.03. The SMILES string of the molecule is COC1CCN(C2Cc3ccc([NH])cc3NC2=O)CC1. The molecule has 1 aromatic carbocycles. The number of likely N-dealkylation sites (tertiary alicyclic amines) is 1. The number of piperidine rings is 1. The molecule has 5 heteroatoms. The summed E-state index contributed by atoms with van der Waals surface area (Å²) < 4.78 is 5.37. The standard InChI is InChI=1S/C15H20N3O2/c1-20-12-4-6-18(7-5-12)14-8-10-2-3-11(16)9-13(10)17-15(14)19/h2-3,9,12,14,16H,4-8H2,1H3,(H,17,19). The van der Waals surface area contributed by atoms with Crippen LogP contribution in [0.25, 0.3) is 0 Å². The van der Waals surface area contributed by atoms with Crippen LogP contribution in [0.4, 0.5) is 11.4 Å². The summed E-state index contributed by atoms with van der Waals surface area (Å²) in [6, 6.07) is 5.37. The first-order valence-corrected chi connectivity index (χ1v) is 7.09. The number of methoxy groups -OCH3 is 1. The molecule has 0 spiro atoms. The van der Waals surface area contributed by atoms with Gasteiger partial charge in [-0.1, -0.05) is 6.07 Å². The highest BCUT2D eigenvalue weighted by Gasteiger charge is 2.33. The highest BCUT2D eigenvalue weighted by atomic mass is 16.5. The first kappa shape index (κ1) is 13.4. The number of nitrogens with one attached hydrogen (secondary N) is 2. The van der Waals surface area contributed by atoms with E-state index in [1.165, 1.54) is 0 Å². The maximum Gasteiger partial charge on any atom is 0.242 e. The number of anilines is 1. The van der Waals surface area contributed by atoms with Crippen LogP contribution < -0.4 is 11.1 Å². The van der Waals surface area contributed by atoms with Gasteiger partial charge in [0, 0.05) is 25.9 Å². The van der Waals surface area contributed by atoms with Crippen LogP contribution in [0, 0.1) is 0 Å². The van der Waals surface area contributed by atoms with Gasteiger partial charge in [-0.15, -0.1) is 0 Å². The molecule has 2 aliphatic rings. The van der Waals surface area contributed by atoms with Gasteiger partial charge in [-0.2, -0.15) is 0 Å². The predicted octanol–water partition coefficient (Wildman–Crippen LogP) is 1.57. The number of hydrogen-bond donors (Lipinski definition) is 1. The fourth-order valence-electron chi connectivity index (χ4n) is 3.11. The Hall–Kier alpha value is -1.59. The fraction of sp³-hybridized carbons (Fsp3) is 0.533. The minimum atomic E-state index is -0.0862. The smallest absolute Gasteiger partial charge is 0.242 e. The van der Waals surface area contributed by atoms with Crippen molar-refractivity contribution < 1.29 is 9.53 Å². The third-order valence-electron chi connectivity index (χ3n) is 4.33. The van der Waals surface area contributed by atoms with Gasteiger partial charge in [-0.25, -0.2) is 0 Å². The van der Waals surface area contributed by atoms with Gasteiger partial charge in [0.05, 0.1) is 17.8 Å². The van der Waals surface area contributed by atoms with Crippen LogP contribution in [0.2, 0.25) is 0 Å². The van der Waals surface area contributed by atoms with Crippen molar-refractivity contribution in [3.8, 4) is 0 Å². The molecule has 1 amide bonds. The zero-order valence-corrected chi connectivity index (χ0v) is 11.7. The fourth-order valence-corrected chi connectivity index (χ4v) is 3.11. The number of fused-ring (bicyclic) bond motifs is 1. The van der Waals surface area contributed by atoms with Gasteiger partial charge in [-0.3, -0.25) is 9.69 Å². The van der Waals surface area contributed by atoms with E-state index in [9.17, 15) is 4.79 Å². The minimum Gasteiger partial charge on any atom is -0.381 e. The molecule has 2 heterocycles. The normalized spacial score (nSPS) is 24.2. The quantitative estimate of drug-likeness (QED) is 0.890. The zero-order valence-electron chi connectivity index (χ0n) is 11.7. The molecule has 0 saturated carbocycles. The number of carbonyl (C=O) groups excluding carboxylic acids is 1. The Balaban J connectivity index is 1.73. The number of ether oxygens (including phenoxy) is 1. The highest BCUT2D eigenvalue weighted by molar-refractivity contribution is 5.98. The van der Waals surface area contributed by atoms with Crippen molar-refractivity contribution in [2.24, 2.45) is 0 Å². The molecular formula is C15H20N3O2. The summed E-state index contributed by atoms with van der Waals surface area (Å²) in [5, 5.41) is 2.94. The Morgan fingerprint density at radius 3 is 2.80 bits per heavy atom. The molecule has 0 bridgehead atoms. The Kier molecular flexibility index (Phi) is 3.63. The number of carbonyl (C=O) groups is 1. The van der Waals surface area contributed by atoms with E-state index in [-0.39, 0.29) is 11.9 Å². The van der Waals surface area contributed by atoms with E-state index >= 15 is 0 Å². The molecule has 1 radical (unpaired) electrons. The molecule has 0 aliphatic carbocycles. The lowest BCUT2D eigenvalue weighted by molar-refractivity contribution is -0.122. The van der Waals surface area contributed by atoms with Crippen molar-refractivity contribution in [1.29, 1.82) is 0 Å². The maximum absolute atomic E-state index is 12.3. The average Bonchev–Trinajstić information content (AvgIpc) is 2.46. The maximum atomic E-state index is 12.3. The number of nitrogens with zero attached hydrogens (tertiary/aromatic N) is 1. The van der Waals surface area contributed by atoms with Crippen LogP contribution in [0.3, 0.4) is 0 Å². The Bertz CT molecular complexity index is 510. The van der Waals surface area contributed by atoms with Crippen molar-refractivity contribution in [3.05, 3.63) is 23.8 Å². The Morgan fingerprint density at radius 1 is 1.35 bits per heavy atom. The third kappa shape index (κ3) is 2.51. The molecule has 2 N–H and O–H groups in total. The minimum absolute atomic E-state index is 0.0546. The molecule has 1 saturated heterocycles. The summed E-state index contributed by atoms with van der Waals surface area (Å²) in [4.78, 5) is 14.5. The van der Waals surface area contributed by atoms with Gasteiger partial charge in [-0.05, 0) is 37.0 Å². The van der Waals surface area contributed by atoms with Crippen molar-refractivity contribution in [2.75, 3.05) is 25.5 Å². The van der Waals surface area contributed by atoms with Crippen LogP contribution in [0.5, 0.6) is 0 Å². The predicted molar refractivity (Wildman–Crippen MR) is 76.9 cm³/mol. The van der Waals surface area contributed by atoms with E-state index in [1.807, 2.05) is 6.07 Å². The van der Waals surface area contributed by atoms with Gasteiger partial charge in [0.15, 0.2) is 0 Å². The van der Waals surface area contributed by atoms with E-state index in [0.29, 0.717) is 11.8 Å². The molecule has 1 fully saturated rings. The van der Waals surface area contributed by atoms with Crippen LogP contribution in [0.1, 0.15) is 18.4 Å². The molecular weight excluding hydrogens is 254 g/mol. The summed E-state index contributed by atoms with van der Waals surface area (Å²) in [6.45, 7) is 1.81. The second-order valence-electron chi connectivity index (χ2n) is 5.55. The molecule has 1 aromatic rings. The first-order chi connectivity index (χ1) is 9.67. The van der Waals surface area contributed by atoms with Gasteiger partial charge >= 0.3 is 0 Å².